The lowest BCUT2D eigenvalue weighted by atomic mass is 9.83. The Labute approximate surface area is 198 Å². The molecule has 5 rings (SSSR count). The maximum Gasteiger partial charge on any atom is 0.586 e. The number of hydrogen-bond acceptors (Lipinski definition) is 6. The van der Waals surface area contributed by atoms with Crippen LogP contribution in [0.25, 0.3) is 22.2 Å². The van der Waals surface area contributed by atoms with Crippen LogP contribution >= 0.6 is 0 Å². The Morgan fingerprint density at radius 3 is 2.63 bits per heavy atom. The minimum absolute atomic E-state index is 0.0905. The van der Waals surface area contributed by atoms with E-state index in [-0.39, 0.29) is 23.0 Å². The zero-order valence-electron chi connectivity index (χ0n) is 19.0. The van der Waals surface area contributed by atoms with Crippen molar-refractivity contribution in [3.05, 3.63) is 76.3 Å². The van der Waals surface area contributed by atoms with E-state index in [1.54, 1.807) is 44.2 Å². The smallest absolute Gasteiger partial charge is 0.395 e. The number of fused-ring (bicyclic) bond motifs is 2. The highest BCUT2D eigenvalue weighted by molar-refractivity contribution is 5.98. The lowest BCUT2D eigenvalue weighted by molar-refractivity contribution is -0.286. The first-order chi connectivity index (χ1) is 16.5. The molecule has 1 aliphatic rings. The molecule has 0 unspecified atom stereocenters. The van der Waals surface area contributed by atoms with E-state index in [9.17, 15) is 18.4 Å². The van der Waals surface area contributed by atoms with E-state index < -0.39 is 11.7 Å². The lowest BCUT2D eigenvalue weighted by Gasteiger charge is -2.24. The van der Waals surface area contributed by atoms with Crippen molar-refractivity contribution < 1.29 is 23.0 Å². The number of ether oxygens (including phenoxy) is 2. The Morgan fingerprint density at radius 1 is 1.06 bits per heavy atom. The first-order valence-corrected chi connectivity index (χ1v) is 10.7. The van der Waals surface area contributed by atoms with E-state index in [2.05, 4.69) is 29.7 Å². The number of nitrogens with zero attached hydrogens (tertiary/aromatic N) is 2. The number of aryl methyl sites for hydroxylation is 1. The first-order valence-electron chi connectivity index (χ1n) is 10.7. The van der Waals surface area contributed by atoms with E-state index in [0.29, 0.717) is 28.0 Å². The molecular formula is C25H20F2N4O4. The van der Waals surface area contributed by atoms with Crippen molar-refractivity contribution >= 4 is 22.6 Å². The van der Waals surface area contributed by atoms with E-state index in [4.69, 9.17) is 0 Å². The number of carbonyl (C=O) groups is 1. The van der Waals surface area contributed by atoms with Gasteiger partial charge in [-0.2, -0.15) is 4.98 Å². The van der Waals surface area contributed by atoms with Crippen LogP contribution < -0.4 is 20.3 Å². The van der Waals surface area contributed by atoms with Gasteiger partial charge in [-0.25, -0.2) is 4.98 Å². The molecule has 2 aromatic carbocycles. The monoisotopic (exact) mass is 478 g/mol. The third-order valence-corrected chi connectivity index (χ3v) is 5.95. The van der Waals surface area contributed by atoms with Crippen LogP contribution in [0.15, 0.2) is 59.7 Å². The van der Waals surface area contributed by atoms with Crippen LogP contribution in [0.1, 0.15) is 25.0 Å². The molecule has 10 heteroatoms. The molecule has 0 saturated heterocycles. The molecule has 35 heavy (non-hydrogen) atoms. The van der Waals surface area contributed by atoms with Crippen LogP contribution in [0.4, 0.5) is 14.6 Å². The average Bonchev–Trinajstić information content (AvgIpc) is 3.13. The highest BCUT2D eigenvalue weighted by Gasteiger charge is 2.44. The van der Waals surface area contributed by atoms with Crippen molar-refractivity contribution in [1.82, 2.24) is 15.0 Å². The van der Waals surface area contributed by atoms with Gasteiger partial charge < -0.3 is 19.8 Å². The molecule has 0 spiro atoms. The number of hydrogen-bond donors (Lipinski definition) is 2. The molecule has 0 saturated carbocycles. The Bertz CT molecular complexity index is 1550. The largest absolute Gasteiger partial charge is 0.586 e. The van der Waals surface area contributed by atoms with Crippen molar-refractivity contribution in [1.29, 1.82) is 0 Å². The maximum atomic E-state index is 13.4. The Morgan fingerprint density at radius 2 is 1.83 bits per heavy atom. The summed E-state index contributed by atoms with van der Waals surface area (Å²) in [6.07, 6.45) is -2.40. The Kier molecular flexibility index (Phi) is 5.04. The molecule has 178 valence electrons. The zero-order chi connectivity index (χ0) is 25.0. The number of rotatable bonds is 4. The molecule has 0 bridgehead atoms. The number of pyridine rings is 1. The highest BCUT2D eigenvalue weighted by Crippen LogP contribution is 2.43. The van der Waals surface area contributed by atoms with E-state index >= 15 is 0 Å². The molecule has 1 amide bonds. The minimum Gasteiger partial charge on any atom is -0.395 e. The number of aromatic nitrogens is 3. The van der Waals surface area contributed by atoms with Crippen molar-refractivity contribution in [3.8, 4) is 22.8 Å². The van der Waals surface area contributed by atoms with Crippen LogP contribution in [0, 0.1) is 6.92 Å². The number of carbonyl (C=O) groups excluding carboxylic acids is 1. The number of aromatic amines is 1. The quantitative estimate of drug-likeness (QED) is 0.446. The molecular weight excluding hydrogens is 458 g/mol. The minimum atomic E-state index is -3.73. The fourth-order valence-corrected chi connectivity index (χ4v) is 3.86. The van der Waals surface area contributed by atoms with Gasteiger partial charge >= 0.3 is 6.29 Å². The topological polar surface area (TPSA) is 106 Å². The molecule has 0 atom stereocenters. The van der Waals surface area contributed by atoms with Gasteiger partial charge in [0.05, 0.1) is 28.3 Å². The number of anilines is 1. The van der Waals surface area contributed by atoms with Crippen molar-refractivity contribution in [2.24, 2.45) is 0 Å². The second-order valence-corrected chi connectivity index (χ2v) is 8.74. The second kappa shape index (κ2) is 7.86. The van der Waals surface area contributed by atoms with Crippen LogP contribution in [0.5, 0.6) is 11.5 Å². The van der Waals surface area contributed by atoms with Crippen LogP contribution in [-0.2, 0) is 10.2 Å². The van der Waals surface area contributed by atoms with Crippen molar-refractivity contribution in [3.63, 3.8) is 0 Å². The van der Waals surface area contributed by atoms with Gasteiger partial charge in [0.25, 0.3) is 5.56 Å². The fraction of sp³-hybridized carbons (Fsp3) is 0.200. The van der Waals surface area contributed by atoms with E-state index in [0.717, 1.165) is 11.1 Å². The first kappa shape index (κ1) is 22.5. The number of nitrogens with one attached hydrogen (secondary N) is 2. The second-order valence-electron chi connectivity index (χ2n) is 8.74. The zero-order valence-corrected chi connectivity index (χ0v) is 19.0. The highest BCUT2D eigenvalue weighted by atomic mass is 19.3. The number of halogens is 2. The molecule has 4 aromatic rings. The predicted molar refractivity (Wildman–Crippen MR) is 125 cm³/mol. The van der Waals surface area contributed by atoms with Gasteiger partial charge in [-0.1, -0.05) is 18.2 Å². The van der Waals surface area contributed by atoms with Gasteiger partial charge in [0.1, 0.15) is 5.82 Å². The Hall–Kier alpha value is -4.34. The summed E-state index contributed by atoms with van der Waals surface area (Å²) < 4.78 is 35.7. The average molecular weight is 478 g/mol. The van der Waals surface area contributed by atoms with Crippen LogP contribution in [0.3, 0.4) is 0 Å². The maximum absolute atomic E-state index is 13.4. The molecule has 3 heterocycles. The third kappa shape index (κ3) is 4.07. The molecule has 2 N–H and O–H groups in total. The van der Waals surface area contributed by atoms with Crippen molar-refractivity contribution in [2.75, 3.05) is 5.32 Å². The van der Waals surface area contributed by atoms with Crippen LogP contribution in [-0.4, -0.2) is 27.2 Å². The number of H-pyrrole nitrogens is 1. The van der Waals surface area contributed by atoms with E-state index in [1.807, 2.05) is 13.0 Å². The number of alkyl halides is 2. The molecule has 1 aliphatic heterocycles. The van der Waals surface area contributed by atoms with Gasteiger partial charge in [-0.15, -0.1) is 8.78 Å². The number of benzene rings is 2. The summed E-state index contributed by atoms with van der Waals surface area (Å²) in [5.41, 5.74) is 1.91. The number of amides is 1. The lowest BCUT2D eigenvalue weighted by Crippen LogP contribution is -2.35. The molecule has 0 radical (unpaired) electrons. The van der Waals surface area contributed by atoms with E-state index in [1.165, 1.54) is 18.5 Å². The van der Waals surface area contributed by atoms with Gasteiger partial charge in [-0.3, -0.25) is 9.59 Å². The van der Waals surface area contributed by atoms with Gasteiger partial charge in [-0.05, 0) is 62.2 Å². The molecule has 0 fully saturated rings. The summed E-state index contributed by atoms with van der Waals surface area (Å²) in [5.74, 6) is -0.292. The summed E-state index contributed by atoms with van der Waals surface area (Å²) in [6.45, 7) is 5.22. The summed E-state index contributed by atoms with van der Waals surface area (Å²) in [5, 5.41) is 3.27. The van der Waals surface area contributed by atoms with Crippen molar-refractivity contribution in [2.45, 2.75) is 32.5 Å². The standard InChI is InChI=1S/C25H20F2N4O4/c1-13-4-9-20(30-21(13)14-5-7-16-17(10-14)28-12-29-22(16)32)31-23(33)24(2,3)15-6-8-18-19(11-15)35-25(26,27)34-18/h4-12H,1-3H3,(H,28,29,32)(H,30,31,33). The van der Waals surface area contributed by atoms with Gasteiger partial charge in [0.2, 0.25) is 5.91 Å². The van der Waals surface area contributed by atoms with Gasteiger partial charge in [0.15, 0.2) is 11.5 Å². The SMILES string of the molecule is Cc1ccc(NC(=O)C(C)(C)c2ccc3c(c2)OC(F)(F)O3)nc1-c1ccc2c(=O)nc[nH]c2c1. The summed E-state index contributed by atoms with van der Waals surface area (Å²) >= 11 is 0. The predicted octanol–water partition coefficient (Wildman–Crippen LogP) is 4.53. The third-order valence-electron chi connectivity index (χ3n) is 5.95. The Balaban J connectivity index is 1.43. The normalized spacial score (nSPS) is 14.2. The summed E-state index contributed by atoms with van der Waals surface area (Å²) in [4.78, 5) is 36.4. The molecule has 0 aliphatic carbocycles. The van der Waals surface area contributed by atoms with Crippen LogP contribution in [0.2, 0.25) is 0 Å². The summed E-state index contributed by atoms with van der Waals surface area (Å²) in [7, 11) is 0. The summed E-state index contributed by atoms with van der Waals surface area (Å²) in [6, 6.07) is 13.0. The van der Waals surface area contributed by atoms with Gasteiger partial charge in [0, 0.05) is 5.56 Å². The molecule has 8 nitrogen and oxygen atoms in total. The molecule has 2 aromatic heterocycles. The fourth-order valence-electron chi connectivity index (χ4n) is 3.86.